The van der Waals surface area contributed by atoms with Gasteiger partial charge in [0.05, 0.1) is 11.4 Å². The first-order valence-corrected chi connectivity index (χ1v) is 8.75. The van der Waals surface area contributed by atoms with E-state index in [1.165, 1.54) is 11.3 Å². The highest BCUT2D eigenvalue weighted by atomic mass is 32.1. The van der Waals surface area contributed by atoms with Crippen molar-refractivity contribution in [2.75, 3.05) is 5.32 Å². The molecule has 0 bridgehead atoms. The number of nitrogens with one attached hydrogen (secondary N) is 2. The van der Waals surface area contributed by atoms with E-state index in [4.69, 9.17) is 5.21 Å². The van der Waals surface area contributed by atoms with E-state index in [2.05, 4.69) is 15.3 Å². The van der Waals surface area contributed by atoms with Crippen LogP contribution in [0.3, 0.4) is 0 Å². The van der Waals surface area contributed by atoms with E-state index in [0.717, 1.165) is 33.5 Å². The molecule has 1 amide bonds. The number of hydroxylamine groups is 1. The van der Waals surface area contributed by atoms with Gasteiger partial charge in [-0.25, -0.2) is 15.4 Å². The predicted octanol–water partition coefficient (Wildman–Crippen LogP) is 3.63. The van der Waals surface area contributed by atoms with Crippen LogP contribution in [0.5, 0.6) is 0 Å². The van der Waals surface area contributed by atoms with Crippen LogP contribution in [0.4, 0.5) is 10.8 Å². The van der Waals surface area contributed by atoms with Crippen molar-refractivity contribution >= 4 is 33.7 Å². The van der Waals surface area contributed by atoms with Crippen molar-refractivity contribution in [1.82, 2.24) is 19.8 Å². The van der Waals surface area contributed by atoms with E-state index in [1.807, 2.05) is 41.1 Å². The van der Waals surface area contributed by atoms with Crippen LogP contribution in [-0.4, -0.2) is 25.5 Å². The third-order valence-corrected chi connectivity index (χ3v) is 4.71. The summed E-state index contributed by atoms with van der Waals surface area (Å²) < 4.78 is 2.02. The summed E-state index contributed by atoms with van der Waals surface area (Å²) in [7, 11) is 0. The quantitative estimate of drug-likeness (QED) is 0.379. The number of benzene rings is 1. The van der Waals surface area contributed by atoms with Gasteiger partial charge in [-0.1, -0.05) is 6.07 Å². The van der Waals surface area contributed by atoms with Crippen molar-refractivity contribution in [3.63, 3.8) is 0 Å². The number of fused-ring (bicyclic) bond motifs is 1. The second-order valence-electron chi connectivity index (χ2n) is 5.66. The minimum atomic E-state index is -0.545. The van der Waals surface area contributed by atoms with Crippen molar-refractivity contribution < 1.29 is 10.0 Å². The number of carbonyl (C=O) groups is 1. The second-order valence-corrected chi connectivity index (χ2v) is 6.51. The lowest BCUT2D eigenvalue weighted by Crippen LogP contribution is -2.18. The van der Waals surface area contributed by atoms with Crippen molar-refractivity contribution in [3.05, 3.63) is 65.3 Å². The standard InChI is InChI=1S/C18H15N5O2S/c1-11-16(23-9-3-2-4-15(23)19-11)14-10-26-18(21-14)20-13-7-5-12(6-8-13)17(24)22-25/h2-10,25H,1H3,(H,20,21)(H,22,24). The van der Waals surface area contributed by atoms with Crippen molar-refractivity contribution in [1.29, 1.82) is 0 Å². The number of aryl methyl sites for hydroxylation is 1. The molecule has 3 aromatic heterocycles. The fourth-order valence-electron chi connectivity index (χ4n) is 2.75. The summed E-state index contributed by atoms with van der Waals surface area (Å²) in [4.78, 5) is 20.6. The molecule has 0 radical (unpaired) electrons. The van der Waals surface area contributed by atoms with E-state index >= 15 is 0 Å². The number of carbonyl (C=O) groups excluding carboxylic acids is 1. The van der Waals surface area contributed by atoms with E-state index in [1.54, 1.807) is 29.7 Å². The third-order valence-electron chi connectivity index (χ3n) is 3.95. The van der Waals surface area contributed by atoms with Crippen LogP contribution in [0.25, 0.3) is 17.0 Å². The summed E-state index contributed by atoms with van der Waals surface area (Å²) >= 11 is 1.49. The molecular weight excluding hydrogens is 350 g/mol. The number of nitrogens with zero attached hydrogens (tertiary/aromatic N) is 3. The van der Waals surface area contributed by atoms with Gasteiger partial charge < -0.3 is 5.32 Å². The van der Waals surface area contributed by atoms with Gasteiger partial charge in [-0.05, 0) is 43.3 Å². The Balaban J connectivity index is 1.60. The molecule has 3 N–H and O–H groups in total. The molecule has 0 aliphatic rings. The Bertz CT molecular complexity index is 1080. The Labute approximate surface area is 152 Å². The molecule has 4 aromatic rings. The maximum absolute atomic E-state index is 11.4. The maximum Gasteiger partial charge on any atom is 0.274 e. The zero-order chi connectivity index (χ0) is 18.1. The molecule has 0 aliphatic heterocycles. The average molecular weight is 365 g/mol. The van der Waals surface area contributed by atoms with Gasteiger partial charge in [0.15, 0.2) is 5.13 Å². The normalized spacial score (nSPS) is 10.8. The number of hydrogen-bond acceptors (Lipinski definition) is 6. The summed E-state index contributed by atoms with van der Waals surface area (Å²) in [6.45, 7) is 1.97. The zero-order valence-electron chi connectivity index (χ0n) is 13.8. The van der Waals surface area contributed by atoms with Gasteiger partial charge in [0.25, 0.3) is 5.91 Å². The maximum atomic E-state index is 11.4. The van der Waals surface area contributed by atoms with Crippen LogP contribution in [0.2, 0.25) is 0 Å². The third kappa shape index (κ3) is 2.92. The van der Waals surface area contributed by atoms with Gasteiger partial charge >= 0.3 is 0 Å². The van der Waals surface area contributed by atoms with E-state index < -0.39 is 5.91 Å². The van der Waals surface area contributed by atoms with Gasteiger partial charge in [0.1, 0.15) is 11.3 Å². The number of hydrogen-bond donors (Lipinski definition) is 3. The number of thiazole rings is 1. The van der Waals surface area contributed by atoms with E-state index in [-0.39, 0.29) is 0 Å². The lowest BCUT2D eigenvalue weighted by molar-refractivity contribution is 0.0706. The van der Waals surface area contributed by atoms with E-state index in [9.17, 15) is 4.79 Å². The number of aromatic nitrogens is 3. The molecule has 4 rings (SSSR count). The number of anilines is 2. The second kappa shape index (κ2) is 6.58. The molecule has 0 atom stereocenters. The van der Waals surface area contributed by atoms with Crippen molar-refractivity contribution in [2.45, 2.75) is 6.92 Å². The molecule has 1 aromatic carbocycles. The molecule has 7 nitrogen and oxygen atoms in total. The predicted molar refractivity (Wildman–Crippen MR) is 100 cm³/mol. The van der Waals surface area contributed by atoms with Crippen LogP contribution in [0, 0.1) is 6.92 Å². The minimum absolute atomic E-state index is 0.374. The molecule has 26 heavy (non-hydrogen) atoms. The van der Waals surface area contributed by atoms with E-state index in [0.29, 0.717) is 5.56 Å². The number of pyridine rings is 1. The van der Waals surface area contributed by atoms with Gasteiger partial charge in [0.2, 0.25) is 0 Å². The molecule has 130 valence electrons. The lowest BCUT2D eigenvalue weighted by atomic mass is 10.2. The number of amides is 1. The Hall–Kier alpha value is -3.23. The molecule has 0 aliphatic carbocycles. The zero-order valence-corrected chi connectivity index (χ0v) is 14.6. The number of imidazole rings is 1. The van der Waals surface area contributed by atoms with Gasteiger partial charge in [-0.15, -0.1) is 11.3 Å². The largest absolute Gasteiger partial charge is 0.332 e. The molecule has 0 saturated carbocycles. The van der Waals surface area contributed by atoms with Crippen LogP contribution >= 0.6 is 11.3 Å². The molecule has 0 saturated heterocycles. The Kier molecular flexibility index (Phi) is 4.11. The highest BCUT2D eigenvalue weighted by molar-refractivity contribution is 7.14. The SMILES string of the molecule is Cc1nc2ccccn2c1-c1csc(Nc2ccc(C(=O)NO)cc2)n1. The first-order valence-electron chi connectivity index (χ1n) is 7.87. The average Bonchev–Trinajstić information content (AvgIpc) is 3.24. The summed E-state index contributed by atoms with van der Waals surface area (Å²) in [6.07, 6.45) is 1.97. The lowest BCUT2D eigenvalue weighted by Gasteiger charge is -2.04. The number of rotatable bonds is 4. The monoisotopic (exact) mass is 365 g/mol. The van der Waals surface area contributed by atoms with Crippen molar-refractivity contribution in [3.8, 4) is 11.4 Å². The van der Waals surface area contributed by atoms with Gasteiger partial charge in [-0.3, -0.25) is 14.4 Å². The first kappa shape index (κ1) is 16.2. The molecular formula is C18H15N5O2S. The van der Waals surface area contributed by atoms with Crippen molar-refractivity contribution in [2.24, 2.45) is 0 Å². The summed E-state index contributed by atoms with van der Waals surface area (Å²) in [5.74, 6) is -0.545. The Morgan fingerprint density at radius 2 is 1.96 bits per heavy atom. The highest BCUT2D eigenvalue weighted by Crippen LogP contribution is 2.29. The van der Waals surface area contributed by atoms with Gasteiger partial charge in [-0.2, -0.15) is 0 Å². The Morgan fingerprint density at radius 3 is 2.73 bits per heavy atom. The van der Waals surface area contributed by atoms with Crippen LogP contribution in [0.15, 0.2) is 54.0 Å². The molecule has 3 heterocycles. The fourth-order valence-corrected chi connectivity index (χ4v) is 3.47. The smallest absolute Gasteiger partial charge is 0.274 e. The minimum Gasteiger partial charge on any atom is -0.332 e. The highest BCUT2D eigenvalue weighted by Gasteiger charge is 2.14. The van der Waals surface area contributed by atoms with Crippen LogP contribution in [0.1, 0.15) is 16.1 Å². The molecule has 8 heteroatoms. The molecule has 0 fully saturated rings. The van der Waals surface area contributed by atoms with Crippen LogP contribution < -0.4 is 10.8 Å². The summed E-state index contributed by atoms with van der Waals surface area (Å²) in [5, 5.41) is 14.6. The first-order chi connectivity index (χ1) is 12.7. The topological polar surface area (TPSA) is 91.5 Å². The Morgan fingerprint density at radius 1 is 1.15 bits per heavy atom. The molecule has 0 spiro atoms. The van der Waals surface area contributed by atoms with Crippen LogP contribution in [-0.2, 0) is 0 Å². The molecule has 0 unspecified atom stereocenters. The summed E-state index contributed by atoms with van der Waals surface area (Å²) in [5.41, 5.74) is 6.42. The fraction of sp³-hybridized carbons (Fsp3) is 0.0556. The summed E-state index contributed by atoms with van der Waals surface area (Å²) in [6, 6.07) is 12.6. The van der Waals surface area contributed by atoms with Gasteiger partial charge in [0, 0.05) is 22.8 Å².